The molecule has 2 rings (SSSR count). The average molecular weight is 190 g/mol. The van der Waals surface area contributed by atoms with Crippen molar-refractivity contribution in [1.29, 1.82) is 0 Å². The molecule has 2 aromatic rings. The summed E-state index contributed by atoms with van der Waals surface area (Å²) in [5.74, 6) is -0.0429. The van der Waals surface area contributed by atoms with Crippen LogP contribution in [0.25, 0.3) is 10.8 Å². The highest BCUT2D eigenvalue weighted by molar-refractivity contribution is 6.00. The molecule has 2 nitrogen and oxygen atoms in total. The zero-order valence-electron chi connectivity index (χ0n) is 7.24. The summed E-state index contributed by atoms with van der Waals surface area (Å²) < 4.78 is 12.0. The van der Waals surface area contributed by atoms with Gasteiger partial charge in [-0.3, -0.25) is 9.74 Å². The first-order chi connectivity index (χ1) is 6.86. The van der Waals surface area contributed by atoms with Crippen molar-refractivity contribution in [3.05, 3.63) is 42.0 Å². The minimum absolute atomic E-state index is 0.0429. The topological polar surface area (TPSA) is 26.3 Å². The van der Waals surface area contributed by atoms with E-state index in [1.54, 1.807) is 18.2 Å². The minimum Gasteiger partial charge on any atom is -0.298 e. The molecule has 0 saturated carbocycles. The fraction of sp³-hybridized carbons (Fsp3) is 0. The van der Waals surface area contributed by atoms with Crippen LogP contribution in [0.5, 0.6) is 5.75 Å². The van der Waals surface area contributed by atoms with Gasteiger partial charge >= 0.3 is 0 Å². The Morgan fingerprint density at radius 3 is 2.64 bits per heavy atom. The maximum Gasteiger partial charge on any atom is 0.183 e. The number of aldehydes is 1. The van der Waals surface area contributed by atoms with Crippen molar-refractivity contribution < 1.29 is 14.3 Å². The normalized spacial score (nSPS) is 10.1. The Bertz CT molecular complexity index is 480. The van der Waals surface area contributed by atoms with Crippen molar-refractivity contribution in [1.82, 2.24) is 0 Å². The van der Waals surface area contributed by atoms with Gasteiger partial charge in [-0.25, -0.2) is 0 Å². The molecule has 0 saturated heterocycles. The Labute approximate surface area is 79.8 Å². The van der Waals surface area contributed by atoms with E-state index in [1.165, 1.54) is 6.07 Å². The van der Waals surface area contributed by atoms with Crippen molar-refractivity contribution >= 4 is 17.1 Å². The largest absolute Gasteiger partial charge is 0.298 e. The van der Waals surface area contributed by atoms with E-state index in [0.29, 0.717) is 11.7 Å². The first-order valence-corrected chi connectivity index (χ1v) is 4.12. The van der Waals surface area contributed by atoms with Crippen LogP contribution in [0.15, 0.2) is 36.4 Å². The van der Waals surface area contributed by atoms with Crippen LogP contribution in [-0.2, 0) is 0 Å². The molecule has 70 valence electrons. The first-order valence-electron chi connectivity index (χ1n) is 4.12. The zero-order chi connectivity index (χ0) is 9.97. The lowest BCUT2D eigenvalue weighted by Gasteiger charge is -2.03. The van der Waals surface area contributed by atoms with E-state index >= 15 is 0 Å². The van der Waals surface area contributed by atoms with Crippen molar-refractivity contribution in [2.24, 2.45) is 0 Å². The molecule has 0 fully saturated rings. The van der Waals surface area contributed by atoms with E-state index < -0.39 is 0 Å². The summed E-state index contributed by atoms with van der Waals surface area (Å²) in [7, 11) is 0. The summed E-state index contributed by atoms with van der Waals surface area (Å²) in [4.78, 5) is 14.4. The summed E-state index contributed by atoms with van der Waals surface area (Å²) in [6.07, 6.45) is 0.594. The fourth-order valence-corrected chi connectivity index (χ4v) is 1.46. The van der Waals surface area contributed by atoms with Crippen LogP contribution in [0.1, 0.15) is 10.4 Å². The monoisotopic (exact) mass is 190 g/mol. The molecule has 0 radical (unpaired) electrons. The summed E-state index contributed by atoms with van der Waals surface area (Å²) in [6.45, 7) is 0. The predicted molar refractivity (Wildman–Crippen MR) is 51.1 cm³/mol. The fourth-order valence-electron chi connectivity index (χ4n) is 1.46. The number of fused-ring (bicyclic) bond motifs is 1. The van der Waals surface area contributed by atoms with Gasteiger partial charge in [-0.2, -0.15) is 0 Å². The van der Waals surface area contributed by atoms with Crippen LogP contribution in [0.4, 0.5) is 4.53 Å². The molecule has 0 aromatic heterocycles. The number of benzene rings is 2. The van der Waals surface area contributed by atoms with Crippen LogP contribution in [0.3, 0.4) is 0 Å². The van der Waals surface area contributed by atoms with Gasteiger partial charge < -0.3 is 0 Å². The second-order valence-corrected chi connectivity index (χ2v) is 2.89. The van der Waals surface area contributed by atoms with Crippen LogP contribution in [-0.4, -0.2) is 6.29 Å². The summed E-state index contributed by atoms with van der Waals surface area (Å²) in [6, 6.07) is 10.4. The quantitative estimate of drug-likeness (QED) is 0.680. The molecule has 0 atom stereocenters. The number of rotatable bonds is 2. The van der Waals surface area contributed by atoms with E-state index in [1.807, 2.05) is 12.1 Å². The van der Waals surface area contributed by atoms with E-state index in [0.717, 1.165) is 5.39 Å². The van der Waals surface area contributed by atoms with Crippen molar-refractivity contribution in [3.63, 3.8) is 0 Å². The highest BCUT2D eigenvalue weighted by atomic mass is 19.3. The first kappa shape index (κ1) is 8.69. The SMILES string of the molecule is O=Cc1c(OF)ccc2ccccc12. The average Bonchev–Trinajstić information content (AvgIpc) is 2.27. The molecule has 0 heterocycles. The van der Waals surface area contributed by atoms with Crippen molar-refractivity contribution in [2.75, 3.05) is 0 Å². The molecule has 0 amide bonds. The third-order valence-corrected chi connectivity index (χ3v) is 2.13. The molecule has 0 aliphatic heterocycles. The summed E-state index contributed by atoms with van der Waals surface area (Å²) >= 11 is 0. The van der Waals surface area contributed by atoms with Gasteiger partial charge in [-0.1, -0.05) is 30.3 Å². The van der Waals surface area contributed by atoms with Crippen LogP contribution < -0.4 is 4.94 Å². The third-order valence-electron chi connectivity index (χ3n) is 2.13. The second-order valence-electron chi connectivity index (χ2n) is 2.89. The van der Waals surface area contributed by atoms with Crippen molar-refractivity contribution in [3.8, 4) is 5.75 Å². The number of carbonyl (C=O) groups is 1. The molecular weight excluding hydrogens is 183 g/mol. The third kappa shape index (κ3) is 1.23. The zero-order valence-corrected chi connectivity index (χ0v) is 7.24. The van der Waals surface area contributed by atoms with Gasteiger partial charge in [0.05, 0.1) is 5.56 Å². The molecule has 3 heteroatoms. The molecule has 0 unspecified atom stereocenters. The van der Waals surface area contributed by atoms with Gasteiger partial charge in [0, 0.05) is 4.53 Å². The number of halogens is 1. The molecule has 2 aromatic carbocycles. The molecular formula is C11H7FO2. The lowest BCUT2D eigenvalue weighted by molar-refractivity contribution is -0.00664. The second kappa shape index (κ2) is 3.46. The Kier molecular flexibility index (Phi) is 2.14. The van der Waals surface area contributed by atoms with Crippen LogP contribution in [0.2, 0.25) is 0 Å². The number of hydrogen-bond acceptors (Lipinski definition) is 2. The minimum atomic E-state index is -0.0429. The lowest BCUT2D eigenvalue weighted by Crippen LogP contribution is -1.88. The van der Waals surface area contributed by atoms with Gasteiger partial charge in [-0.05, 0) is 16.8 Å². The Morgan fingerprint density at radius 1 is 1.14 bits per heavy atom. The molecule has 0 spiro atoms. The molecule has 14 heavy (non-hydrogen) atoms. The Balaban J connectivity index is 2.83. The van der Waals surface area contributed by atoms with Gasteiger partial charge in [-0.15, -0.1) is 0 Å². The smallest absolute Gasteiger partial charge is 0.183 e. The lowest BCUT2D eigenvalue weighted by atomic mass is 10.0. The highest BCUT2D eigenvalue weighted by Crippen LogP contribution is 2.26. The standard InChI is InChI=1S/C11H7FO2/c12-14-11-6-5-8-3-1-2-4-9(8)10(11)7-13/h1-7H. The molecule has 0 aliphatic rings. The van der Waals surface area contributed by atoms with Crippen LogP contribution >= 0.6 is 0 Å². The highest BCUT2D eigenvalue weighted by Gasteiger charge is 2.07. The van der Waals surface area contributed by atoms with Crippen LogP contribution in [0, 0.1) is 0 Å². The van der Waals surface area contributed by atoms with E-state index in [9.17, 15) is 9.32 Å². The van der Waals surface area contributed by atoms with E-state index in [2.05, 4.69) is 4.94 Å². The summed E-state index contributed by atoms with van der Waals surface area (Å²) in [5.41, 5.74) is 0.241. The summed E-state index contributed by atoms with van der Waals surface area (Å²) in [5, 5.41) is 1.58. The van der Waals surface area contributed by atoms with Crippen molar-refractivity contribution in [2.45, 2.75) is 0 Å². The van der Waals surface area contributed by atoms with E-state index in [-0.39, 0.29) is 11.3 Å². The Morgan fingerprint density at radius 2 is 1.93 bits per heavy atom. The number of carbonyl (C=O) groups excluding carboxylic acids is 1. The predicted octanol–water partition coefficient (Wildman–Crippen LogP) is 2.92. The van der Waals surface area contributed by atoms with Gasteiger partial charge in [0.2, 0.25) is 0 Å². The maximum absolute atomic E-state index is 12.0. The van der Waals surface area contributed by atoms with Gasteiger partial charge in [0.15, 0.2) is 12.0 Å². The number of hydrogen-bond donors (Lipinski definition) is 0. The van der Waals surface area contributed by atoms with Gasteiger partial charge in [0.1, 0.15) is 0 Å². The van der Waals surface area contributed by atoms with Gasteiger partial charge in [0.25, 0.3) is 0 Å². The Hall–Kier alpha value is -1.90. The molecule has 0 N–H and O–H groups in total. The molecule has 0 aliphatic carbocycles. The molecule has 0 bridgehead atoms. The maximum atomic E-state index is 12.0. The van der Waals surface area contributed by atoms with E-state index in [4.69, 9.17) is 0 Å².